The molecule has 1 aliphatic heterocycles. The number of hydrogen-bond donors (Lipinski definition) is 0. The molecule has 0 amide bonds. The maximum Gasteiger partial charge on any atom is 0.185 e. The van der Waals surface area contributed by atoms with Gasteiger partial charge in [-0.15, -0.1) is 11.3 Å². The van der Waals surface area contributed by atoms with E-state index in [9.17, 15) is 12.8 Å². The topological polar surface area (TPSA) is 50.3 Å². The lowest BCUT2D eigenvalue weighted by molar-refractivity contribution is 0.529. The molecule has 0 atom stereocenters. The number of piperidine rings is 1. The molecule has 29 heavy (non-hydrogen) atoms. The first-order valence-corrected chi connectivity index (χ1v) is 12.2. The Labute approximate surface area is 182 Å². The van der Waals surface area contributed by atoms with Crippen LogP contribution in [0.3, 0.4) is 0 Å². The van der Waals surface area contributed by atoms with E-state index in [1.807, 2.05) is 5.38 Å². The van der Waals surface area contributed by atoms with Gasteiger partial charge >= 0.3 is 0 Å². The summed E-state index contributed by atoms with van der Waals surface area (Å²) >= 11 is 13.2. The molecular weight excluding hydrogens is 454 g/mol. The fourth-order valence-electron chi connectivity index (χ4n) is 3.37. The van der Waals surface area contributed by atoms with Gasteiger partial charge in [-0.25, -0.2) is 17.8 Å². The third-order valence-corrected chi connectivity index (χ3v) is 8.72. The van der Waals surface area contributed by atoms with Gasteiger partial charge in [-0.1, -0.05) is 23.2 Å². The van der Waals surface area contributed by atoms with E-state index in [-0.39, 0.29) is 5.02 Å². The highest BCUT2D eigenvalue weighted by atomic mass is 35.5. The normalized spacial score (nSPS) is 15.6. The molecule has 152 valence electrons. The van der Waals surface area contributed by atoms with Gasteiger partial charge in [-0.3, -0.25) is 0 Å². The zero-order chi connectivity index (χ0) is 20.6. The first kappa shape index (κ1) is 20.6. The van der Waals surface area contributed by atoms with Crippen molar-refractivity contribution in [3.05, 3.63) is 63.7 Å². The lowest BCUT2D eigenvalue weighted by Crippen LogP contribution is -2.39. The van der Waals surface area contributed by atoms with Crippen molar-refractivity contribution in [3.8, 4) is 11.3 Å². The number of thiazole rings is 1. The second-order valence-electron chi connectivity index (χ2n) is 6.83. The molecule has 1 aromatic heterocycles. The van der Waals surface area contributed by atoms with Gasteiger partial charge in [0.05, 0.1) is 20.9 Å². The SMILES string of the molecule is O=S(=O)(c1ccc(Cl)cc1)C1CCN(c2nc(-c3ccc(F)c(Cl)c3)cs2)CC1. The number of benzene rings is 2. The summed E-state index contributed by atoms with van der Waals surface area (Å²) in [5, 5.41) is 2.87. The molecule has 2 heterocycles. The average molecular weight is 471 g/mol. The summed E-state index contributed by atoms with van der Waals surface area (Å²) in [4.78, 5) is 7.03. The maximum atomic E-state index is 13.4. The number of hydrogen-bond acceptors (Lipinski definition) is 5. The molecule has 9 heteroatoms. The zero-order valence-electron chi connectivity index (χ0n) is 15.2. The smallest absolute Gasteiger partial charge is 0.185 e. The number of halogens is 3. The Morgan fingerprint density at radius 3 is 2.41 bits per heavy atom. The number of anilines is 1. The van der Waals surface area contributed by atoms with Crippen LogP contribution < -0.4 is 4.90 Å². The molecule has 0 spiro atoms. The van der Waals surface area contributed by atoms with Crippen LogP contribution in [0, 0.1) is 5.82 Å². The monoisotopic (exact) mass is 470 g/mol. The molecule has 3 aromatic rings. The Morgan fingerprint density at radius 1 is 1.07 bits per heavy atom. The summed E-state index contributed by atoms with van der Waals surface area (Å²) in [7, 11) is -3.38. The molecule has 0 radical (unpaired) electrons. The standard InChI is InChI=1S/C20H17Cl2FN2O2S2/c21-14-2-4-15(5-3-14)29(26,27)16-7-9-25(10-8-16)20-24-19(12-28-20)13-1-6-18(23)17(22)11-13/h1-6,11-12,16H,7-10H2. The van der Waals surface area contributed by atoms with Crippen molar-refractivity contribution in [2.24, 2.45) is 0 Å². The molecule has 4 nitrogen and oxygen atoms in total. The van der Waals surface area contributed by atoms with E-state index in [2.05, 4.69) is 9.88 Å². The maximum absolute atomic E-state index is 13.4. The van der Waals surface area contributed by atoms with Crippen molar-refractivity contribution in [2.75, 3.05) is 18.0 Å². The summed E-state index contributed by atoms with van der Waals surface area (Å²) in [6.45, 7) is 1.21. The Bertz CT molecular complexity index is 1130. The molecule has 0 saturated carbocycles. The van der Waals surface area contributed by atoms with Crippen molar-refractivity contribution in [1.82, 2.24) is 4.98 Å². The van der Waals surface area contributed by atoms with Gasteiger partial charge < -0.3 is 4.90 Å². The van der Waals surface area contributed by atoms with E-state index in [1.165, 1.54) is 17.4 Å². The molecule has 1 fully saturated rings. The highest BCUT2D eigenvalue weighted by molar-refractivity contribution is 7.92. The van der Waals surface area contributed by atoms with Crippen molar-refractivity contribution < 1.29 is 12.8 Å². The Morgan fingerprint density at radius 2 is 1.76 bits per heavy atom. The number of nitrogens with zero attached hydrogens (tertiary/aromatic N) is 2. The number of aromatic nitrogens is 1. The molecule has 0 bridgehead atoms. The Kier molecular flexibility index (Phi) is 5.84. The van der Waals surface area contributed by atoms with E-state index in [0.717, 1.165) is 16.4 Å². The van der Waals surface area contributed by atoms with E-state index in [1.54, 1.807) is 36.4 Å². The van der Waals surface area contributed by atoms with E-state index < -0.39 is 20.9 Å². The van der Waals surface area contributed by atoms with Gasteiger partial charge in [0.1, 0.15) is 5.82 Å². The fraction of sp³-hybridized carbons (Fsp3) is 0.250. The summed E-state index contributed by atoms with van der Waals surface area (Å²) in [5.74, 6) is -0.463. The summed E-state index contributed by atoms with van der Waals surface area (Å²) in [6, 6.07) is 10.8. The molecule has 4 rings (SSSR count). The minimum atomic E-state index is -3.38. The molecule has 0 N–H and O–H groups in total. The molecule has 0 unspecified atom stereocenters. The van der Waals surface area contributed by atoms with Crippen LogP contribution in [0.4, 0.5) is 9.52 Å². The lowest BCUT2D eigenvalue weighted by atomic mass is 10.1. The molecule has 1 saturated heterocycles. The average Bonchev–Trinajstić information content (AvgIpc) is 3.21. The van der Waals surface area contributed by atoms with E-state index in [4.69, 9.17) is 23.2 Å². The minimum absolute atomic E-state index is 0.0604. The molecule has 1 aliphatic rings. The van der Waals surface area contributed by atoms with Crippen molar-refractivity contribution >= 4 is 49.5 Å². The Balaban J connectivity index is 1.45. The first-order chi connectivity index (χ1) is 13.8. The molecule has 0 aliphatic carbocycles. The van der Waals surface area contributed by atoms with Crippen LogP contribution >= 0.6 is 34.5 Å². The van der Waals surface area contributed by atoms with Crippen molar-refractivity contribution in [2.45, 2.75) is 23.0 Å². The summed E-state index contributed by atoms with van der Waals surface area (Å²) < 4.78 is 39.1. The van der Waals surface area contributed by atoms with Crippen LogP contribution in [0.25, 0.3) is 11.3 Å². The summed E-state index contributed by atoms with van der Waals surface area (Å²) in [6.07, 6.45) is 1.06. The van der Waals surface area contributed by atoms with Crippen LogP contribution in [0.5, 0.6) is 0 Å². The van der Waals surface area contributed by atoms with Crippen LogP contribution in [-0.4, -0.2) is 31.7 Å². The van der Waals surface area contributed by atoms with Gasteiger partial charge in [0.15, 0.2) is 15.0 Å². The van der Waals surface area contributed by atoms with Gasteiger partial charge in [0.2, 0.25) is 0 Å². The third kappa shape index (κ3) is 4.28. The van der Waals surface area contributed by atoms with Crippen LogP contribution in [-0.2, 0) is 9.84 Å². The highest BCUT2D eigenvalue weighted by Gasteiger charge is 2.32. The van der Waals surface area contributed by atoms with Gasteiger partial charge in [-0.05, 0) is 55.3 Å². The van der Waals surface area contributed by atoms with Crippen LogP contribution in [0.1, 0.15) is 12.8 Å². The molecule has 2 aromatic carbocycles. The largest absolute Gasteiger partial charge is 0.348 e. The Hall–Kier alpha value is -1.67. The predicted octanol–water partition coefficient (Wildman–Crippen LogP) is 5.70. The number of sulfone groups is 1. The highest BCUT2D eigenvalue weighted by Crippen LogP contribution is 2.33. The summed E-state index contributed by atoms with van der Waals surface area (Å²) in [5.41, 5.74) is 1.47. The van der Waals surface area contributed by atoms with E-state index in [0.29, 0.717) is 35.8 Å². The van der Waals surface area contributed by atoms with E-state index >= 15 is 0 Å². The number of rotatable bonds is 4. The van der Waals surface area contributed by atoms with Gasteiger partial charge in [0.25, 0.3) is 0 Å². The minimum Gasteiger partial charge on any atom is -0.348 e. The third-order valence-electron chi connectivity index (χ3n) is 5.00. The molecular formula is C20H17Cl2FN2O2S2. The van der Waals surface area contributed by atoms with Crippen LogP contribution in [0.15, 0.2) is 52.7 Å². The van der Waals surface area contributed by atoms with Gasteiger partial charge in [0, 0.05) is 29.1 Å². The lowest BCUT2D eigenvalue weighted by Gasteiger charge is -2.31. The second kappa shape index (κ2) is 8.22. The van der Waals surface area contributed by atoms with Crippen molar-refractivity contribution in [3.63, 3.8) is 0 Å². The van der Waals surface area contributed by atoms with Crippen molar-refractivity contribution in [1.29, 1.82) is 0 Å². The predicted molar refractivity (Wildman–Crippen MR) is 116 cm³/mol. The second-order valence-corrected chi connectivity index (χ2v) is 10.7. The quantitative estimate of drug-likeness (QED) is 0.490. The van der Waals surface area contributed by atoms with Crippen LogP contribution in [0.2, 0.25) is 10.0 Å². The first-order valence-electron chi connectivity index (χ1n) is 9.00. The fourth-order valence-corrected chi connectivity index (χ4v) is 6.30. The zero-order valence-corrected chi connectivity index (χ0v) is 18.3. The van der Waals surface area contributed by atoms with Gasteiger partial charge in [-0.2, -0.15) is 0 Å².